The number of benzene rings is 2. The number of rotatable bonds is 8. The molecule has 6 heteroatoms. The van der Waals surface area contributed by atoms with E-state index in [1.807, 2.05) is 0 Å². The second kappa shape index (κ2) is 9.03. The predicted octanol–water partition coefficient (Wildman–Crippen LogP) is 4.05. The van der Waals surface area contributed by atoms with Crippen LogP contribution >= 0.6 is 11.8 Å². The van der Waals surface area contributed by atoms with Crippen molar-refractivity contribution in [3.8, 4) is 5.75 Å². The summed E-state index contributed by atoms with van der Waals surface area (Å²) in [6, 6.07) is 11.0. The minimum atomic E-state index is -0.894. The predicted molar refractivity (Wildman–Crippen MR) is 96.6 cm³/mol. The van der Waals surface area contributed by atoms with Crippen molar-refractivity contribution < 1.29 is 23.8 Å². The van der Waals surface area contributed by atoms with Crippen molar-refractivity contribution in [2.75, 3.05) is 12.9 Å². The Morgan fingerprint density at radius 3 is 2.72 bits per heavy atom. The van der Waals surface area contributed by atoms with Crippen LogP contribution < -0.4 is 4.74 Å². The van der Waals surface area contributed by atoms with Gasteiger partial charge < -0.3 is 9.84 Å². The van der Waals surface area contributed by atoms with E-state index in [2.05, 4.69) is 0 Å². The molecule has 0 aromatic heterocycles. The van der Waals surface area contributed by atoms with Gasteiger partial charge in [-0.1, -0.05) is 18.2 Å². The highest BCUT2D eigenvalue weighted by Crippen LogP contribution is 2.25. The van der Waals surface area contributed by atoms with Crippen molar-refractivity contribution in [3.05, 3.63) is 71.0 Å². The molecule has 0 spiro atoms. The number of carbonyl (C=O) groups excluding carboxylic acids is 1. The highest BCUT2D eigenvalue weighted by molar-refractivity contribution is 7.99. The van der Waals surface area contributed by atoms with Crippen LogP contribution in [0.15, 0.2) is 48.5 Å². The molecule has 0 aliphatic heterocycles. The van der Waals surface area contributed by atoms with E-state index in [0.717, 1.165) is 5.56 Å². The van der Waals surface area contributed by atoms with Gasteiger partial charge in [-0.05, 0) is 42.0 Å². The number of carbonyl (C=O) groups is 2. The number of ketones is 1. The van der Waals surface area contributed by atoms with E-state index in [-0.39, 0.29) is 17.4 Å². The molecule has 0 aliphatic rings. The number of carboxylic acids is 1. The first-order valence-corrected chi connectivity index (χ1v) is 8.59. The normalized spacial score (nSPS) is 10.8. The molecule has 1 N–H and O–H groups in total. The summed E-state index contributed by atoms with van der Waals surface area (Å²) < 4.78 is 18.4. The standard InChI is InChI=1S/C19H17FO4S/c1-24-18-8-6-14(10-15(18)11-25-12-19(22)23)17(21)7-5-13-3-2-4-16(20)9-13/h2-10H,11-12H2,1H3,(H,22,23)/b7-5+. The zero-order chi connectivity index (χ0) is 18.2. The number of hydrogen-bond acceptors (Lipinski definition) is 4. The number of hydrogen-bond donors (Lipinski definition) is 1. The average molecular weight is 360 g/mol. The topological polar surface area (TPSA) is 63.6 Å². The van der Waals surface area contributed by atoms with Crippen LogP contribution in [0.25, 0.3) is 6.08 Å². The lowest BCUT2D eigenvalue weighted by Gasteiger charge is -2.09. The van der Waals surface area contributed by atoms with Crippen LogP contribution in [0.4, 0.5) is 4.39 Å². The number of thioether (sulfide) groups is 1. The van der Waals surface area contributed by atoms with Crippen molar-refractivity contribution in [2.45, 2.75) is 5.75 Å². The monoisotopic (exact) mass is 360 g/mol. The van der Waals surface area contributed by atoms with Crippen LogP contribution in [0.5, 0.6) is 5.75 Å². The van der Waals surface area contributed by atoms with Gasteiger partial charge in [0, 0.05) is 16.9 Å². The fraction of sp³-hybridized carbons (Fsp3) is 0.158. The molecular formula is C19H17FO4S. The Morgan fingerprint density at radius 1 is 1.24 bits per heavy atom. The van der Waals surface area contributed by atoms with Crippen molar-refractivity contribution in [2.24, 2.45) is 0 Å². The van der Waals surface area contributed by atoms with Crippen molar-refractivity contribution in [1.82, 2.24) is 0 Å². The van der Waals surface area contributed by atoms with Crippen LogP contribution in [0, 0.1) is 5.82 Å². The van der Waals surface area contributed by atoms with Gasteiger partial charge in [0.1, 0.15) is 11.6 Å². The van der Waals surface area contributed by atoms with Gasteiger partial charge in [0.15, 0.2) is 5.78 Å². The molecule has 25 heavy (non-hydrogen) atoms. The minimum Gasteiger partial charge on any atom is -0.496 e. The molecule has 0 bridgehead atoms. The van der Waals surface area contributed by atoms with E-state index in [4.69, 9.17) is 9.84 Å². The quantitative estimate of drug-likeness (QED) is 0.568. The van der Waals surface area contributed by atoms with Crippen LogP contribution in [-0.4, -0.2) is 29.7 Å². The molecule has 2 aromatic carbocycles. The molecule has 0 unspecified atom stereocenters. The van der Waals surface area contributed by atoms with Crippen LogP contribution in [0.1, 0.15) is 21.5 Å². The zero-order valence-electron chi connectivity index (χ0n) is 13.6. The summed E-state index contributed by atoms with van der Waals surface area (Å²) in [6.07, 6.45) is 2.93. The fourth-order valence-corrected chi connectivity index (χ4v) is 2.89. The third kappa shape index (κ3) is 5.76. The molecule has 2 rings (SSSR count). The van der Waals surface area contributed by atoms with Gasteiger partial charge in [0.05, 0.1) is 12.9 Å². The molecule has 0 amide bonds. The SMILES string of the molecule is COc1ccc(C(=O)/C=C/c2cccc(F)c2)cc1CSCC(=O)O. The van der Waals surface area contributed by atoms with E-state index < -0.39 is 5.97 Å². The maximum Gasteiger partial charge on any atom is 0.313 e. The molecule has 4 nitrogen and oxygen atoms in total. The lowest BCUT2D eigenvalue weighted by Crippen LogP contribution is -2.01. The first-order valence-electron chi connectivity index (χ1n) is 7.44. The van der Waals surface area contributed by atoms with Gasteiger partial charge in [-0.15, -0.1) is 11.8 Å². The maximum atomic E-state index is 13.1. The van der Waals surface area contributed by atoms with Gasteiger partial charge in [0.25, 0.3) is 0 Å². The third-order valence-corrected chi connectivity index (χ3v) is 4.29. The second-order valence-electron chi connectivity index (χ2n) is 5.17. The number of carboxylic acid groups (broad SMARTS) is 1. The van der Waals surface area contributed by atoms with Gasteiger partial charge in [0.2, 0.25) is 0 Å². The fourth-order valence-electron chi connectivity index (χ4n) is 2.17. The smallest absolute Gasteiger partial charge is 0.313 e. The molecule has 0 saturated carbocycles. The van der Waals surface area contributed by atoms with Gasteiger partial charge in [-0.2, -0.15) is 0 Å². The molecule has 130 valence electrons. The molecule has 0 radical (unpaired) electrons. The average Bonchev–Trinajstić information content (AvgIpc) is 2.59. The third-order valence-electron chi connectivity index (χ3n) is 3.32. The van der Waals surface area contributed by atoms with E-state index >= 15 is 0 Å². The lowest BCUT2D eigenvalue weighted by molar-refractivity contribution is -0.133. The Kier molecular flexibility index (Phi) is 6.77. The van der Waals surface area contributed by atoms with Gasteiger partial charge >= 0.3 is 5.97 Å². The Morgan fingerprint density at radius 2 is 2.04 bits per heavy atom. The lowest BCUT2D eigenvalue weighted by atomic mass is 10.1. The summed E-state index contributed by atoms with van der Waals surface area (Å²) >= 11 is 1.23. The maximum absolute atomic E-state index is 13.1. The van der Waals surface area contributed by atoms with E-state index in [1.54, 1.807) is 36.4 Å². The number of allylic oxidation sites excluding steroid dienone is 1. The van der Waals surface area contributed by atoms with E-state index in [0.29, 0.717) is 22.6 Å². The van der Waals surface area contributed by atoms with Crippen LogP contribution in [0.3, 0.4) is 0 Å². The summed E-state index contributed by atoms with van der Waals surface area (Å²) in [5.74, 6) is -0.490. The first-order chi connectivity index (χ1) is 12.0. The molecule has 2 aromatic rings. The Labute approximate surface area is 149 Å². The number of methoxy groups -OCH3 is 1. The number of aliphatic carboxylic acids is 1. The Balaban J connectivity index is 2.14. The highest BCUT2D eigenvalue weighted by atomic mass is 32.2. The Bertz CT molecular complexity index is 802. The number of ether oxygens (including phenoxy) is 1. The summed E-state index contributed by atoms with van der Waals surface area (Å²) in [6.45, 7) is 0. The summed E-state index contributed by atoms with van der Waals surface area (Å²) in [5.41, 5.74) is 1.80. The van der Waals surface area contributed by atoms with Gasteiger partial charge in [-0.3, -0.25) is 9.59 Å². The summed E-state index contributed by atoms with van der Waals surface area (Å²) in [5, 5.41) is 8.72. The largest absolute Gasteiger partial charge is 0.496 e. The van der Waals surface area contributed by atoms with Crippen molar-refractivity contribution >= 4 is 29.6 Å². The molecule has 0 fully saturated rings. The highest BCUT2D eigenvalue weighted by Gasteiger charge is 2.09. The Hall–Kier alpha value is -2.60. The molecule has 0 heterocycles. The first kappa shape index (κ1) is 18.7. The van der Waals surface area contributed by atoms with Gasteiger partial charge in [-0.25, -0.2) is 4.39 Å². The molecule has 0 saturated heterocycles. The molecule has 0 atom stereocenters. The van der Waals surface area contributed by atoms with E-state index in [1.165, 1.54) is 37.1 Å². The minimum absolute atomic E-state index is 0.0270. The second-order valence-corrected chi connectivity index (χ2v) is 6.15. The summed E-state index contributed by atoms with van der Waals surface area (Å²) in [7, 11) is 1.52. The van der Waals surface area contributed by atoms with Crippen molar-refractivity contribution in [3.63, 3.8) is 0 Å². The number of halogens is 1. The van der Waals surface area contributed by atoms with E-state index in [9.17, 15) is 14.0 Å². The van der Waals surface area contributed by atoms with Crippen LogP contribution in [0.2, 0.25) is 0 Å². The summed E-state index contributed by atoms with van der Waals surface area (Å²) in [4.78, 5) is 22.9. The molecule has 0 aliphatic carbocycles. The van der Waals surface area contributed by atoms with Crippen LogP contribution in [-0.2, 0) is 10.5 Å². The molecular weight excluding hydrogens is 343 g/mol. The zero-order valence-corrected chi connectivity index (χ0v) is 14.4. The van der Waals surface area contributed by atoms with Crippen molar-refractivity contribution in [1.29, 1.82) is 0 Å².